The first-order chi connectivity index (χ1) is 14.5. The summed E-state index contributed by atoms with van der Waals surface area (Å²) in [5, 5.41) is 4.93. The first kappa shape index (κ1) is 22.0. The second-order valence-electron chi connectivity index (χ2n) is 9.25. The third kappa shape index (κ3) is 5.31. The maximum Gasteiger partial charge on any atom is 0.0684 e. The molecule has 1 fully saturated rings. The Kier molecular flexibility index (Phi) is 7.25. The van der Waals surface area contributed by atoms with Crippen LogP contribution in [0.4, 0.5) is 5.69 Å². The number of para-hydroxylation sites is 1. The van der Waals surface area contributed by atoms with Crippen molar-refractivity contribution in [3.63, 3.8) is 0 Å². The second-order valence-corrected chi connectivity index (χ2v) is 10.1. The summed E-state index contributed by atoms with van der Waals surface area (Å²) in [6.07, 6.45) is 3.61. The summed E-state index contributed by atoms with van der Waals surface area (Å²) in [6.45, 7) is 10.2. The van der Waals surface area contributed by atoms with Crippen molar-refractivity contribution in [3.8, 4) is 0 Å². The molecule has 1 N–H and O–H groups in total. The van der Waals surface area contributed by atoms with Crippen LogP contribution in [0.25, 0.3) is 0 Å². The first-order valence-electron chi connectivity index (χ1n) is 11.2. The molecule has 2 aromatic rings. The third-order valence-electron chi connectivity index (χ3n) is 6.76. The van der Waals surface area contributed by atoms with Crippen LogP contribution in [0.3, 0.4) is 0 Å². The smallest absolute Gasteiger partial charge is 0.0684 e. The molecule has 0 aliphatic carbocycles. The van der Waals surface area contributed by atoms with Gasteiger partial charge in [0.15, 0.2) is 0 Å². The predicted molar refractivity (Wildman–Crippen MR) is 128 cm³/mol. The fourth-order valence-corrected chi connectivity index (χ4v) is 5.23. The van der Waals surface area contributed by atoms with Gasteiger partial charge in [-0.1, -0.05) is 61.3 Å². The van der Waals surface area contributed by atoms with E-state index in [-0.39, 0.29) is 0 Å². The van der Waals surface area contributed by atoms with Crippen molar-refractivity contribution >= 4 is 28.9 Å². The Hall–Kier alpha value is -1.26. The molecule has 162 valence electrons. The van der Waals surface area contributed by atoms with Crippen LogP contribution < -0.4 is 5.32 Å². The number of hydrogen-bond donors (Lipinski definition) is 1. The summed E-state index contributed by atoms with van der Waals surface area (Å²) in [5.74, 6) is 1.37. The van der Waals surface area contributed by atoms with E-state index in [0.717, 1.165) is 32.1 Å². The van der Waals surface area contributed by atoms with Crippen LogP contribution in [0, 0.1) is 11.8 Å². The van der Waals surface area contributed by atoms with Crippen LogP contribution in [0.2, 0.25) is 10.0 Å². The molecule has 0 spiro atoms. The normalized spacial score (nSPS) is 19.5. The number of rotatable bonds is 6. The lowest BCUT2D eigenvalue weighted by atomic mass is 9.89. The van der Waals surface area contributed by atoms with Gasteiger partial charge in [0, 0.05) is 24.8 Å². The van der Waals surface area contributed by atoms with Crippen molar-refractivity contribution < 1.29 is 0 Å². The molecule has 0 radical (unpaired) electrons. The number of piperidine rings is 1. The molecule has 0 amide bonds. The van der Waals surface area contributed by atoms with Gasteiger partial charge in [0.1, 0.15) is 0 Å². The van der Waals surface area contributed by atoms with Gasteiger partial charge in [0.05, 0.1) is 16.7 Å². The Labute approximate surface area is 191 Å². The summed E-state index contributed by atoms with van der Waals surface area (Å²) in [5.41, 5.74) is 4.01. The van der Waals surface area contributed by atoms with Crippen molar-refractivity contribution in [2.45, 2.75) is 45.7 Å². The van der Waals surface area contributed by atoms with Crippen molar-refractivity contribution in [1.29, 1.82) is 0 Å². The molecule has 2 aliphatic heterocycles. The fourth-order valence-electron chi connectivity index (χ4n) is 4.91. The minimum absolute atomic E-state index is 0.567. The minimum Gasteiger partial charge on any atom is -0.372 e. The van der Waals surface area contributed by atoms with Crippen LogP contribution in [0.1, 0.15) is 37.8 Å². The van der Waals surface area contributed by atoms with Crippen molar-refractivity contribution in [3.05, 3.63) is 63.6 Å². The highest BCUT2D eigenvalue weighted by molar-refractivity contribution is 6.42. The van der Waals surface area contributed by atoms with E-state index < -0.39 is 0 Å². The Balaban J connectivity index is 1.31. The van der Waals surface area contributed by atoms with Crippen molar-refractivity contribution in [2.24, 2.45) is 11.8 Å². The number of likely N-dealkylation sites (tertiary alicyclic amines) is 1. The molecule has 0 aromatic heterocycles. The van der Waals surface area contributed by atoms with E-state index in [4.69, 9.17) is 23.2 Å². The predicted octanol–water partition coefficient (Wildman–Crippen LogP) is 6.16. The first-order valence-corrected chi connectivity index (χ1v) is 12.0. The Morgan fingerprint density at radius 3 is 2.53 bits per heavy atom. The van der Waals surface area contributed by atoms with Crippen LogP contribution in [-0.2, 0) is 13.0 Å². The number of fused-ring (bicyclic) bond motifs is 1. The lowest BCUT2D eigenvalue weighted by Gasteiger charge is -2.42. The molecule has 0 bridgehead atoms. The van der Waals surface area contributed by atoms with Gasteiger partial charge in [0.25, 0.3) is 0 Å². The van der Waals surface area contributed by atoms with Crippen LogP contribution in [0.15, 0.2) is 42.5 Å². The highest BCUT2D eigenvalue weighted by Crippen LogP contribution is 2.29. The highest BCUT2D eigenvalue weighted by atomic mass is 35.5. The quantitative estimate of drug-likeness (QED) is 0.574. The fraction of sp³-hybridized carbons (Fsp3) is 0.520. The monoisotopic (exact) mass is 445 g/mol. The number of nitrogens with zero attached hydrogens (tertiary/aromatic N) is 2. The molecule has 1 atom stereocenters. The lowest BCUT2D eigenvalue weighted by molar-refractivity contribution is 0.0840. The van der Waals surface area contributed by atoms with E-state index >= 15 is 0 Å². The summed E-state index contributed by atoms with van der Waals surface area (Å²) >= 11 is 12.3. The molecule has 3 nitrogen and oxygen atoms in total. The number of benzene rings is 2. The summed E-state index contributed by atoms with van der Waals surface area (Å²) in [4.78, 5) is 5.30. The third-order valence-corrected chi connectivity index (χ3v) is 7.50. The Bertz CT molecular complexity index is 846. The van der Waals surface area contributed by atoms with Gasteiger partial charge in [-0.2, -0.15) is 0 Å². The molecular weight excluding hydrogens is 413 g/mol. The molecule has 2 aliphatic rings. The Morgan fingerprint density at radius 2 is 1.80 bits per heavy atom. The van der Waals surface area contributed by atoms with E-state index in [1.54, 1.807) is 0 Å². The van der Waals surface area contributed by atoms with Crippen LogP contribution in [-0.4, -0.2) is 42.1 Å². The average Bonchev–Trinajstić information content (AvgIpc) is 2.75. The molecule has 2 heterocycles. The zero-order chi connectivity index (χ0) is 21.1. The van der Waals surface area contributed by atoms with Crippen molar-refractivity contribution in [1.82, 2.24) is 9.80 Å². The van der Waals surface area contributed by atoms with Gasteiger partial charge in [-0.05, 0) is 73.5 Å². The summed E-state index contributed by atoms with van der Waals surface area (Å²) in [7, 11) is 0. The van der Waals surface area contributed by atoms with Crippen molar-refractivity contribution in [2.75, 3.05) is 31.6 Å². The highest BCUT2D eigenvalue weighted by Gasteiger charge is 2.29. The van der Waals surface area contributed by atoms with Gasteiger partial charge in [-0.25, -0.2) is 0 Å². The molecule has 1 unspecified atom stereocenters. The number of hydrogen-bond acceptors (Lipinski definition) is 3. The number of nitrogens with one attached hydrogen (secondary N) is 1. The molecule has 4 rings (SSSR count). The van der Waals surface area contributed by atoms with E-state index in [1.165, 1.54) is 42.7 Å². The maximum absolute atomic E-state index is 6.20. The van der Waals surface area contributed by atoms with E-state index in [0.29, 0.717) is 22.0 Å². The molecule has 2 aromatic carbocycles. The molecule has 1 saturated heterocycles. The molecule has 5 heteroatoms. The maximum atomic E-state index is 6.20. The lowest BCUT2D eigenvalue weighted by Crippen LogP contribution is -2.51. The van der Waals surface area contributed by atoms with Crippen LogP contribution in [0.5, 0.6) is 0 Å². The second kappa shape index (κ2) is 9.91. The average molecular weight is 446 g/mol. The summed E-state index contributed by atoms with van der Waals surface area (Å²) < 4.78 is 0. The SMILES string of the molecule is CC(C)C(CN1CCC(Cc2ccc(Cl)c(Cl)c2)CC1)N1CNc2ccccc2C1. The number of anilines is 1. The topological polar surface area (TPSA) is 18.5 Å². The summed E-state index contributed by atoms with van der Waals surface area (Å²) in [6, 6.07) is 15.3. The number of halogens is 2. The molecule has 30 heavy (non-hydrogen) atoms. The van der Waals surface area contributed by atoms with E-state index in [2.05, 4.69) is 59.3 Å². The standard InChI is InChI=1S/C25H33Cl2N3/c1-18(2)25(30-15-21-5-3-4-6-24(21)28-17-30)16-29-11-9-19(10-12-29)13-20-7-8-22(26)23(27)14-20/h3-8,14,18-19,25,28H,9-13,15-17H2,1-2H3. The van der Waals surface area contributed by atoms with Gasteiger partial charge in [-0.3, -0.25) is 4.90 Å². The minimum atomic E-state index is 0.567. The van der Waals surface area contributed by atoms with E-state index in [9.17, 15) is 0 Å². The van der Waals surface area contributed by atoms with Crippen LogP contribution >= 0.6 is 23.2 Å². The van der Waals surface area contributed by atoms with Gasteiger partial charge in [0.2, 0.25) is 0 Å². The zero-order valence-corrected chi connectivity index (χ0v) is 19.6. The Morgan fingerprint density at radius 1 is 1.03 bits per heavy atom. The van der Waals surface area contributed by atoms with Gasteiger partial charge in [-0.15, -0.1) is 0 Å². The molecule has 0 saturated carbocycles. The van der Waals surface area contributed by atoms with Gasteiger partial charge >= 0.3 is 0 Å². The largest absolute Gasteiger partial charge is 0.372 e. The van der Waals surface area contributed by atoms with Gasteiger partial charge < -0.3 is 10.2 Å². The zero-order valence-electron chi connectivity index (χ0n) is 18.1. The van der Waals surface area contributed by atoms with E-state index in [1.807, 2.05) is 12.1 Å². The molecular formula is C25H33Cl2N3.